The fourth-order valence-electron chi connectivity index (χ4n) is 2.11. The highest BCUT2D eigenvalue weighted by molar-refractivity contribution is 5.56. The van der Waals surface area contributed by atoms with Crippen molar-refractivity contribution in [3.05, 3.63) is 24.3 Å². The van der Waals surface area contributed by atoms with E-state index in [4.69, 9.17) is 4.74 Å². The average Bonchev–Trinajstić information content (AvgIpc) is 2.80. The highest BCUT2D eigenvalue weighted by Crippen LogP contribution is 2.25. The Balaban J connectivity index is 1.94. The summed E-state index contributed by atoms with van der Waals surface area (Å²) in [6.07, 6.45) is 1.48. The van der Waals surface area contributed by atoms with Crippen molar-refractivity contribution < 1.29 is 4.74 Å². The Kier molecular flexibility index (Phi) is 4.26. The molecule has 0 bridgehead atoms. The van der Waals surface area contributed by atoms with Crippen molar-refractivity contribution in [1.29, 1.82) is 0 Å². The maximum atomic E-state index is 5.78. The molecule has 0 radical (unpaired) electrons. The van der Waals surface area contributed by atoms with Crippen molar-refractivity contribution in [3.8, 4) is 5.75 Å². The molecule has 1 aromatic rings. The number of rotatable bonds is 5. The number of nitrogens with one attached hydrogen (secondary N) is 2. The number of hydrogen-bond acceptors (Lipinski definition) is 3. The second-order valence-electron chi connectivity index (χ2n) is 4.90. The van der Waals surface area contributed by atoms with E-state index in [-0.39, 0.29) is 6.10 Å². The van der Waals surface area contributed by atoms with Gasteiger partial charge in [0.2, 0.25) is 0 Å². The third-order valence-electron chi connectivity index (χ3n) is 2.99. The van der Waals surface area contributed by atoms with Crippen LogP contribution in [-0.4, -0.2) is 25.7 Å². The SMILES string of the molecule is CC(C)Oc1ccccc1NCC1CCNC1. The quantitative estimate of drug-likeness (QED) is 0.821. The first-order chi connectivity index (χ1) is 8.25. The van der Waals surface area contributed by atoms with Gasteiger partial charge in [-0.1, -0.05) is 12.1 Å². The summed E-state index contributed by atoms with van der Waals surface area (Å²) < 4.78 is 5.78. The average molecular weight is 234 g/mol. The van der Waals surface area contributed by atoms with Crippen LogP contribution in [0.15, 0.2) is 24.3 Å². The van der Waals surface area contributed by atoms with Crippen LogP contribution < -0.4 is 15.4 Å². The predicted octanol–water partition coefficient (Wildman–Crippen LogP) is 2.50. The summed E-state index contributed by atoms with van der Waals surface area (Å²) in [5.41, 5.74) is 1.10. The number of hydrogen-bond donors (Lipinski definition) is 2. The van der Waals surface area contributed by atoms with E-state index in [9.17, 15) is 0 Å². The molecule has 1 aromatic carbocycles. The van der Waals surface area contributed by atoms with Gasteiger partial charge in [0.05, 0.1) is 11.8 Å². The van der Waals surface area contributed by atoms with Gasteiger partial charge < -0.3 is 15.4 Å². The Labute approximate surface area is 104 Å². The Morgan fingerprint density at radius 2 is 2.24 bits per heavy atom. The minimum absolute atomic E-state index is 0.214. The maximum Gasteiger partial charge on any atom is 0.142 e. The van der Waals surface area contributed by atoms with Gasteiger partial charge in [-0.05, 0) is 51.4 Å². The Morgan fingerprint density at radius 3 is 2.94 bits per heavy atom. The van der Waals surface area contributed by atoms with Gasteiger partial charge in [0.1, 0.15) is 5.75 Å². The van der Waals surface area contributed by atoms with Crippen molar-refractivity contribution in [2.75, 3.05) is 25.0 Å². The first-order valence-electron chi connectivity index (χ1n) is 6.46. The molecule has 1 atom stereocenters. The maximum absolute atomic E-state index is 5.78. The third-order valence-corrected chi connectivity index (χ3v) is 2.99. The second-order valence-corrected chi connectivity index (χ2v) is 4.90. The number of para-hydroxylation sites is 2. The van der Waals surface area contributed by atoms with Gasteiger partial charge in [-0.25, -0.2) is 0 Å². The molecule has 0 saturated carbocycles. The lowest BCUT2D eigenvalue weighted by atomic mass is 10.1. The van der Waals surface area contributed by atoms with E-state index in [0.717, 1.165) is 37.0 Å². The molecule has 1 heterocycles. The van der Waals surface area contributed by atoms with Gasteiger partial charge in [0, 0.05) is 6.54 Å². The molecule has 0 aliphatic carbocycles. The zero-order valence-corrected chi connectivity index (χ0v) is 10.7. The molecular weight excluding hydrogens is 212 g/mol. The van der Waals surface area contributed by atoms with Gasteiger partial charge in [0.25, 0.3) is 0 Å². The Bertz CT molecular complexity index is 346. The topological polar surface area (TPSA) is 33.3 Å². The molecular formula is C14H22N2O. The molecule has 94 valence electrons. The van der Waals surface area contributed by atoms with Gasteiger partial charge in [-0.3, -0.25) is 0 Å². The summed E-state index contributed by atoms with van der Waals surface area (Å²) in [6.45, 7) is 7.40. The number of benzene rings is 1. The van der Waals surface area contributed by atoms with Crippen LogP contribution in [0.2, 0.25) is 0 Å². The van der Waals surface area contributed by atoms with E-state index in [1.165, 1.54) is 6.42 Å². The minimum atomic E-state index is 0.214. The second kappa shape index (κ2) is 5.92. The first-order valence-corrected chi connectivity index (χ1v) is 6.46. The van der Waals surface area contributed by atoms with Crippen LogP contribution in [0.4, 0.5) is 5.69 Å². The summed E-state index contributed by atoms with van der Waals surface area (Å²) in [7, 11) is 0. The summed E-state index contributed by atoms with van der Waals surface area (Å²) in [5.74, 6) is 1.69. The van der Waals surface area contributed by atoms with E-state index >= 15 is 0 Å². The van der Waals surface area contributed by atoms with Crippen LogP contribution >= 0.6 is 0 Å². The highest BCUT2D eigenvalue weighted by atomic mass is 16.5. The van der Waals surface area contributed by atoms with Gasteiger partial charge in [-0.2, -0.15) is 0 Å². The fraction of sp³-hybridized carbons (Fsp3) is 0.571. The van der Waals surface area contributed by atoms with Gasteiger partial charge in [0.15, 0.2) is 0 Å². The van der Waals surface area contributed by atoms with Crippen molar-refractivity contribution in [1.82, 2.24) is 5.32 Å². The molecule has 1 saturated heterocycles. The molecule has 2 N–H and O–H groups in total. The normalized spacial score (nSPS) is 19.6. The van der Waals surface area contributed by atoms with Crippen molar-refractivity contribution in [2.45, 2.75) is 26.4 Å². The molecule has 3 nitrogen and oxygen atoms in total. The van der Waals surface area contributed by atoms with E-state index in [1.54, 1.807) is 0 Å². The van der Waals surface area contributed by atoms with Crippen molar-refractivity contribution in [3.63, 3.8) is 0 Å². The summed E-state index contributed by atoms with van der Waals surface area (Å²) in [6, 6.07) is 8.16. The Hall–Kier alpha value is -1.22. The smallest absolute Gasteiger partial charge is 0.142 e. The molecule has 0 spiro atoms. The number of ether oxygens (including phenoxy) is 1. The van der Waals surface area contributed by atoms with Gasteiger partial charge >= 0.3 is 0 Å². The highest BCUT2D eigenvalue weighted by Gasteiger charge is 2.14. The van der Waals surface area contributed by atoms with E-state index < -0.39 is 0 Å². The zero-order chi connectivity index (χ0) is 12.1. The summed E-state index contributed by atoms with van der Waals surface area (Å²) in [5, 5.41) is 6.88. The van der Waals surface area contributed by atoms with Crippen LogP contribution in [0.25, 0.3) is 0 Å². The molecule has 0 amide bonds. The summed E-state index contributed by atoms with van der Waals surface area (Å²) >= 11 is 0. The largest absolute Gasteiger partial charge is 0.489 e. The van der Waals surface area contributed by atoms with Gasteiger partial charge in [-0.15, -0.1) is 0 Å². The Morgan fingerprint density at radius 1 is 1.41 bits per heavy atom. The van der Waals surface area contributed by atoms with Crippen LogP contribution in [0, 0.1) is 5.92 Å². The molecule has 0 aromatic heterocycles. The zero-order valence-electron chi connectivity index (χ0n) is 10.7. The molecule has 2 rings (SSSR count). The predicted molar refractivity (Wildman–Crippen MR) is 71.7 cm³/mol. The van der Waals surface area contributed by atoms with E-state index in [2.05, 4.69) is 30.5 Å². The van der Waals surface area contributed by atoms with Crippen LogP contribution in [-0.2, 0) is 0 Å². The lowest BCUT2D eigenvalue weighted by Gasteiger charge is -2.17. The number of anilines is 1. The fourth-order valence-corrected chi connectivity index (χ4v) is 2.11. The van der Waals surface area contributed by atoms with E-state index in [0.29, 0.717) is 0 Å². The van der Waals surface area contributed by atoms with Crippen molar-refractivity contribution in [2.24, 2.45) is 5.92 Å². The third kappa shape index (κ3) is 3.63. The molecule has 3 heteroatoms. The van der Waals surface area contributed by atoms with Crippen LogP contribution in [0.1, 0.15) is 20.3 Å². The monoisotopic (exact) mass is 234 g/mol. The lowest BCUT2D eigenvalue weighted by molar-refractivity contribution is 0.243. The van der Waals surface area contributed by atoms with E-state index in [1.807, 2.05) is 18.2 Å². The standard InChI is InChI=1S/C14H22N2O/c1-11(2)17-14-6-4-3-5-13(14)16-10-12-7-8-15-9-12/h3-6,11-12,15-16H,7-10H2,1-2H3. The molecule has 1 unspecified atom stereocenters. The minimum Gasteiger partial charge on any atom is -0.489 e. The molecule has 17 heavy (non-hydrogen) atoms. The summed E-state index contributed by atoms with van der Waals surface area (Å²) in [4.78, 5) is 0. The molecule has 1 fully saturated rings. The lowest BCUT2D eigenvalue weighted by Crippen LogP contribution is -2.18. The molecule has 1 aliphatic rings. The van der Waals surface area contributed by atoms with Crippen LogP contribution in [0.3, 0.4) is 0 Å². The van der Waals surface area contributed by atoms with Crippen molar-refractivity contribution >= 4 is 5.69 Å². The molecule has 1 aliphatic heterocycles. The first kappa shape index (κ1) is 12.2. The van der Waals surface area contributed by atoms with Crippen LogP contribution in [0.5, 0.6) is 5.75 Å².